The van der Waals surface area contributed by atoms with E-state index in [0.29, 0.717) is 20.8 Å². The lowest BCUT2D eigenvalue weighted by Crippen LogP contribution is -2.29. The van der Waals surface area contributed by atoms with Gasteiger partial charge in [0.1, 0.15) is 11.8 Å². The molecule has 0 radical (unpaired) electrons. The Labute approximate surface area is 237 Å². The maximum Gasteiger partial charge on any atom is 0.301 e. The summed E-state index contributed by atoms with van der Waals surface area (Å²) in [4.78, 5) is 29.0. The number of benzene rings is 3. The quantitative estimate of drug-likeness (QED) is 0.0760. The van der Waals surface area contributed by atoms with Crippen LogP contribution in [-0.2, 0) is 15.3 Å². The van der Waals surface area contributed by atoms with Gasteiger partial charge in [-0.1, -0.05) is 89.3 Å². The van der Waals surface area contributed by atoms with Crippen molar-refractivity contribution in [2.45, 2.75) is 30.0 Å². The number of aromatic nitrogens is 2. The first-order valence-electron chi connectivity index (χ1n) is 12.3. The molecule has 5 aromatic rings. The predicted octanol–water partition coefficient (Wildman–Crippen LogP) is 7.29. The van der Waals surface area contributed by atoms with Crippen LogP contribution in [0.3, 0.4) is 0 Å². The van der Waals surface area contributed by atoms with Crippen LogP contribution >= 0.6 is 34.4 Å². The fourth-order valence-corrected chi connectivity index (χ4v) is 7.49. The number of rotatable bonds is 6. The molecule has 0 saturated carbocycles. The van der Waals surface area contributed by atoms with Gasteiger partial charge in [-0.3, -0.25) is 14.5 Å². The number of aryl methyl sites for hydroxylation is 2. The Hall–Kier alpha value is -3.79. The third kappa shape index (κ3) is 4.67. The number of aliphatic hydroxyl groups is 1. The fourth-order valence-electron chi connectivity index (χ4n) is 4.80. The van der Waals surface area contributed by atoms with Gasteiger partial charge in [-0.25, -0.2) is 0 Å². The molecule has 194 valence electrons. The van der Waals surface area contributed by atoms with Crippen molar-refractivity contribution in [1.29, 1.82) is 0 Å². The average molecular weight is 570 g/mol. The fraction of sp³-hybridized carbons (Fsp3) is 0.133. The summed E-state index contributed by atoms with van der Waals surface area (Å²) in [5.41, 5.74) is 3.55. The molecule has 1 atom stereocenters. The van der Waals surface area contributed by atoms with Gasteiger partial charge in [0.25, 0.3) is 5.78 Å². The van der Waals surface area contributed by atoms with Gasteiger partial charge in [0.05, 0.1) is 5.57 Å². The van der Waals surface area contributed by atoms with Crippen molar-refractivity contribution in [1.82, 2.24) is 10.2 Å². The number of anilines is 1. The van der Waals surface area contributed by atoms with E-state index in [9.17, 15) is 14.7 Å². The summed E-state index contributed by atoms with van der Waals surface area (Å²) in [6.07, 6.45) is 0. The van der Waals surface area contributed by atoms with E-state index in [0.717, 1.165) is 16.0 Å². The van der Waals surface area contributed by atoms with Gasteiger partial charge in [-0.15, -0.1) is 21.5 Å². The summed E-state index contributed by atoms with van der Waals surface area (Å²) in [5.74, 6) is -0.935. The van der Waals surface area contributed by atoms with E-state index in [1.807, 2.05) is 67.8 Å². The lowest BCUT2D eigenvalue weighted by atomic mass is 9.96. The Morgan fingerprint density at radius 1 is 1.00 bits per heavy atom. The molecule has 1 fully saturated rings. The molecule has 6 rings (SSSR count). The highest BCUT2D eigenvalue weighted by molar-refractivity contribution is 8.00. The molecule has 1 saturated heterocycles. The minimum Gasteiger partial charge on any atom is -0.507 e. The number of fused-ring (bicyclic) bond motifs is 1. The van der Waals surface area contributed by atoms with E-state index >= 15 is 0 Å². The Bertz CT molecular complexity index is 1750. The van der Waals surface area contributed by atoms with Crippen molar-refractivity contribution in [3.8, 4) is 0 Å². The van der Waals surface area contributed by atoms with E-state index in [1.54, 1.807) is 0 Å². The topological polar surface area (TPSA) is 83.4 Å². The molecule has 0 aliphatic carbocycles. The number of nitrogens with zero attached hydrogens (tertiary/aromatic N) is 3. The Balaban J connectivity index is 1.36. The summed E-state index contributed by atoms with van der Waals surface area (Å²) in [6, 6.07) is 23.1. The second-order valence-electron chi connectivity index (χ2n) is 9.28. The summed E-state index contributed by atoms with van der Waals surface area (Å²) in [5, 5.41) is 24.6. The normalized spacial score (nSPS) is 16.9. The van der Waals surface area contributed by atoms with Crippen LogP contribution in [0, 0.1) is 13.8 Å². The number of amides is 1. The number of hydrogen-bond donors (Lipinski definition) is 1. The van der Waals surface area contributed by atoms with Crippen LogP contribution in [0.1, 0.15) is 33.2 Å². The predicted molar refractivity (Wildman–Crippen MR) is 158 cm³/mol. The van der Waals surface area contributed by atoms with Gasteiger partial charge >= 0.3 is 5.91 Å². The summed E-state index contributed by atoms with van der Waals surface area (Å²) < 4.78 is 0.694. The number of aliphatic hydroxyl groups excluding tert-OH is 1. The Kier molecular flexibility index (Phi) is 6.80. The van der Waals surface area contributed by atoms with Crippen molar-refractivity contribution in [2.24, 2.45) is 0 Å². The zero-order valence-electron chi connectivity index (χ0n) is 21.1. The maximum absolute atomic E-state index is 13.4. The summed E-state index contributed by atoms with van der Waals surface area (Å²) in [6.45, 7) is 3.79. The molecular weight excluding hydrogens is 547 g/mol. The molecule has 1 amide bonds. The molecular formula is C30H23N3O3S3. The Morgan fingerprint density at radius 2 is 1.82 bits per heavy atom. The number of carbonyl (C=O) groups excluding carboxylic acids is 2. The molecule has 3 aromatic carbocycles. The number of Topliss-reactive ketones (excluding diaryl/α,β-unsaturated/α-hetero) is 1. The zero-order valence-corrected chi connectivity index (χ0v) is 23.6. The van der Waals surface area contributed by atoms with Gasteiger partial charge in [-0.2, -0.15) is 0 Å². The van der Waals surface area contributed by atoms with Crippen LogP contribution in [0.5, 0.6) is 0 Å². The van der Waals surface area contributed by atoms with E-state index in [-0.39, 0.29) is 11.3 Å². The largest absolute Gasteiger partial charge is 0.507 e. The van der Waals surface area contributed by atoms with E-state index in [4.69, 9.17) is 0 Å². The number of carbonyl (C=O) groups is 2. The first-order chi connectivity index (χ1) is 18.9. The second kappa shape index (κ2) is 10.4. The molecule has 2 aromatic heterocycles. The molecule has 9 heteroatoms. The molecule has 1 aliphatic rings. The van der Waals surface area contributed by atoms with Crippen LogP contribution < -0.4 is 4.90 Å². The lowest BCUT2D eigenvalue weighted by molar-refractivity contribution is -0.132. The average Bonchev–Trinajstić information content (AvgIpc) is 3.69. The van der Waals surface area contributed by atoms with Crippen molar-refractivity contribution in [3.05, 3.63) is 111 Å². The third-order valence-corrected chi connectivity index (χ3v) is 9.77. The van der Waals surface area contributed by atoms with Gasteiger partial charge in [0, 0.05) is 16.2 Å². The highest BCUT2D eigenvalue weighted by Crippen LogP contribution is 2.45. The van der Waals surface area contributed by atoms with Crippen molar-refractivity contribution < 1.29 is 14.7 Å². The first kappa shape index (κ1) is 25.5. The Morgan fingerprint density at radius 3 is 2.64 bits per heavy atom. The number of hydrogen-bond acceptors (Lipinski definition) is 8. The maximum atomic E-state index is 13.4. The number of thioether (sulfide) groups is 1. The minimum atomic E-state index is -0.784. The zero-order chi connectivity index (χ0) is 27.1. The van der Waals surface area contributed by atoms with E-state index in [2.05, 4.69) is 34.5 Å². The van der Waals surface area contributed by atoms with Crippen LogP contribution in [0.15, 0.2) is 88.1 Å². The van der Waals surface area contributed by atoms with Crippen LogP contribution in [0.25, 0.3) is 16.5 Å². The highest BCUT2D eigenvalue weighted by Gasteiger charge is 2.49. The van der Waals surface area contributed by atoms with Crippen molar-refractivity contribution in [2.75, 3.05) is 4.90 Å². The molecule has 0 bridgehead atoms. The van der Waals surface area contributed by atoms with Crippen molar-refractivity contribution in [3.63, 3.8) is 0 Å². The molecule has 3 heterocycles. The summed E-state index contributed by atoms with van der Waals surface area (Å²) in [7, 11) is 0. The highest BCUT2D eigenvalue weighted by atomic mass is 32.2. The van der Waals surface area contributed by atoms with Gasteiger partial charge in [0.15, 0.2) is 4.34 Å². The van der Waals surface area contributed by atoms with Crippen molar-refractivity contribution >= 4 is 67.8 Å². The SMILES string of the molecule is Cc1ccc(C)c(C(O)=C2C(=O)C(=O)N(c3nnc(SCc4cccc5ccccc45)s3)C2c2cccs2)c1. The third-order valence-electron chi connectivity index (χ3n) is 6.74. The van der Waals surface area contributed by atoms with Gasteiger partial charge in [-0.05, 0) is 53.3 Å². The van der Waals surface area contributed by atoms with Crippen LogP contribution in [0.2, 0.25) is 0 Å². The first-order valence-corrected chi connectivity index (χ1v) is 15.0. The smallest absolute Gasteiger partial charge is 0.301 e. The van der Waals surface area contributed by atoms with Gasteiger partial charge in [0.2, 0.25) is 5.13 Å². The van der Waals surface area contributed by atoms with E-state index in [1.165, 1.54) is 55.7 Å². The molecule has 1 N–H and O–H groups in total. The molecule has 6 nitrogen and oxygen atoms in total. The molecule has 1 aliphatic heterocycles. The standard InChI is InChI=1S/C30H23N3O3S3/c1-17-12-13-18(2)22(15-17)26(34)24-25(23-11-6-14-37-23)33(28(36)27(24)35)29-31-32-30(39-29)38-16-20-9-5-8-19-7-3-4-10-21(19)20/h3-15,25,34H,16H2,1-2H3. The summed E-state index contributed by atoms with van der Waals surface area (Å²) >= 11 is 4.23. The van der Waals surface area contributed by atoms with Crippen LogP contribution in [0.4, 0.5) is 5.13 Å². The lowest BCUT2D eigenvalue weighted by Gasteiger charge is -2.21. The molecule has 39 heavy (non-hydrogen) atoms. The second-order valence-corrected chi connectivity index (χ2v) is 12.4. The van der Waals surface area contributed by atoms with Crippen LogP contribution in [-0.4, -0.2) is 27.0 Å². The molecule has 0 spiro atoms. The minimum absolute atomic E-state index is 0.0660. The number of thiophene rings is 1. The monoisotopic (exact) mass is 569 g/mol. The van der Waals surface area contributed by atoms with Gasteiger partial charge < -0.3 is 5.11 Å². The number of ketones is 1. The molecule has 1 unspecified atom stereocenters. The van der Waals surface area contributed by atoms with E-state index < -0.39 is 17.7 Å².